The zero-order chi connectivity index (χ0) is 17.6. The van der Waals surface area contributed by atoms with Gasteiger partial charge in [-0.25, -0.2) is 22.0 Å². The highest BCUT2D eigenvalue weighted by atomic mass is 35.5. The van der Waals surface area contributed by atoms with E-state index in [1.54, 1.807) is 0 Å². The van der Waals surface area contributed by atoms with Crippen LogP contribution in [0.15, 0.2) is 21.9 Å². The van der Waals surface area contributed by atoms with E-state index in [4.69, 9.17) is 16.7 Å². The Morgan fingerprint density at radius 2 is 1.96 bits per heavy atom. The SMILES string of the molecule is CC[C@H](C)[C@H](C)[C@H]1Nc2cc(Cl)c(S(N)(=O)=O)cc2S(=O)(=O)N1. The third-order valence-electron chi connectivity index (χ3n) is 4.29. The molecule has 2 rings (SSSR count). The van der Waals surface area contributed by atoms with Gasteiger partial charge in [-0.15, -0.1) is 0 Å². The average molecular weight is 382 g/mol. The standard InChI is InChI=1S/C13H20ClN3O4S2/c1-4-7(2)8(3)13-16-10-5-9(14)11(22(15,18)19)6-12(10)23(20,21)17-13/h5-8,13,16-17H,4H2,1-3H3,(H2,15,18,19)/t7-,8-,13-/m0/s1. The molecule has 0 amide bonds. The summed E-state index contributed by atoms with van der Waals surface area (Å²) in [5.74, 6) is 0.315. The third kappa shape index (κ3) is 3.63. The van der Waals surface area contributed by atoms with Gasteiger partial charge in [-0.3, -0.25) is 0 Å². The van der Waals surface area contributed by atoms with Crippen LogP contribution in [0.4, 0.5) is 5.69 Å². The zero-order valence-electron chi connectivity index (χ0n) is 13.0. The molecular formula is C13H20ClN3O4S2. The first-order chi connectivity index (χ1) is 10.5. The summed E-state index contributed by atoms with van der Waals surface area (Å²) >= 11 is 5.94. The molecule has 0 unspecified atom stereocenters. The first-order valence-corrected chi connectivity index (χ1v) is 10.5. The van der Waals surface area contributed by atoms with E-state index in [1.807, 2.05) is 20.8 Å². The first-order valence-electron chi connectivity index (χ1n) is 7.12. The van der Waals surface area contributed by atoms with Crippen LogP contribution in [-0.4, -0.2) is 23.0 Å². The maximum absolute atomic E-state index is 12.5. The van der Waals surface area contributed by atoms with Crippen LogP contribution in [0.3, 0.4) is 0 Å². The van der Waals surface area contributed by atoms with Crippen molar-refractivity contribution in [3.8, 4) is 0 Å². The van der Waals surface area contributed by atoms with Gasteiger partial charge in [-0.1, -0.05) is 38.8 Å². The van der Waals surface area contributed by atoms with E-state index in [0.29, 0.717) is 0 Å². The molecule has 1 aliphatic rings. The summed E-state index contributed by atoms with van der Waals surface area (Å²) in [5, 5.41) is 8.02. The molecule has 0 saturated carbocycles. The van der Waals surface area contributed by atoms with Gasteiger partial charge in [0.25, 0.3) is 0 Å². The number of sulfonamides is 2. The summed E-state index contributed by atoms with van der Waals surface area (Å²) < 4.78 is 50.5. The second-order valence-electron chi connectivity index (χ2n) is 5.81. The fraction of sp³-hybridized carbons (Fsp3) is 0.538. The molecule has 4 N–H and O–H groups in total. The molecule has 1 heterocycles. The molecule has 7 nitrogen and oxygen atoms in total. The molecule has 0 spiro atoms. The highest BCUT2D eigenvalue weighted by Crippen LogP contribution is 2.35. The molecule has 0 fully saturated rings. The highest BCUT2D eigenvalue weighted by molar-refractivity contribution is 7.90. The maximum atomic E-state index is 12.5. The summed E-state index contributed by atoms with van der Waals surface area (Å²) in [4.78, 5) is -0.600. The zero-order valence-corrected chi connectivity index (χ0v) is 15.4. The van der Waals surface area contributed by atoms with Crippen molar-refractivity contribution >= 4 is 37.3 Å². The Bertz CT molecular complexity index is 824. The number of fused-ring (bicyclic) bond motifs is 1. The summed E-state index contributed by atoms with van der Waals surface area (Å²) in [6.07, 6.45) is 0.401. The number of hydrogen-bond acceptors (Lipinski definition) is 5. The second-order valence-corrected chi connectivity index (χ2v) is 9.43. The topological polar surface area (TPSA) is 118 Å². The number of nitrogens with two attached hydrogens (primary N) is 1. The Hall–Kier alpha value is -0.870. The van der Waals surface area contributed by atoms with Crippen molar-refractivity contribution in [2.75, 3.05) is 5.32 Å². The lowest BCUT2D eigenvalue weighted by Crippen LogP contribution is -2.49. The molecule has 23 heavy (non-hydrogen) atoms. The maximum Gasteiger partial charge on any atom is 0.244 e. The molecular weight excluding hydrogens is 362 g/mol. The monoisotopic (exact) mass is 381 g/mol. The lowest BCUT2D eigenvalue weighted by Gasteiger charge is -2.34. The van der Waals surface area contributed by atoms with Crippen molar-refractivity contribution < 1.29 is 16.8 Å². The molecule has 0 aromatic heterocycles. The van der Waals surface area contributed by atoms with Crippen molar-refractivity contribution in [3.05, 3.63) is 17.2 Å². The van der Waals surface area contributed by atoms with Crippen molar-refractivity contribution in [1.82, 2.24) is 4.72 Å². The minimum absolute atomic E-state index is 0.0274. The Kier molecular flexibility index (Phi) is 4.99. The van der Waals surface area contributed by atoms with Crippen LogP contribution in [0.25, 0.3) is 0 Å². The van der Waals surface area contributed by atoms with Gasteiger partial charge in [0, 0.05) is 0 Å². The summed E-state index contributed by atoms with van der Waals surface area (Å²) in [7, 11) is -7.99. The minimum atomic E-state index is -4.12. The average Bonchev–Trinajstić information content (AvgIpc) is 2.42. The minimum Gasteiger partial charge on any atom is -0.368 e. The predicted molar refractivity (Wildman–Crippen MR) is 89.2 cm³/mol. The number of anilines is 1. The molecule has 3 atom stereocenters. The van der Waals surface area contributed by atoms with Crippen molar-refractivity contribution in [1.29, 1.82) is 0 Å². The van der Waals surface area contributed by atoms with Gasteiger partial charge < -0.3 is 5.32 Å². The second kappa shape index (κ2) is 6.21. The van der Waals surface area contributed by atoms with Gasteiger partial charge in [-0.05, 0) is 24.0 Å². The Labute approximate surface area is 141 Å². The quantitative estimate of drug-likeness (QED) is 0.733. The molecule has 0 aliphatic carbocycles. The van der Waals surface area contributed by atoms with Crippen LogP contribution < -0.4 is 15.2 Å². The van der Waals surface area contributed by atoms with Crippen molar-refractivity contribution in [2.45, 2.75) is 43.1 Å². The van der Waals surface area contributed by atoms with E-state index < -0.39 is 31.1 Å². The molecule has 0 saturated heterocycles. The molecule has 0 bridgehead atoms. The Morgan fingerprint density at radius 3 is 2.48 bits per heavy atom. The van der Waals surface area contributed by atoms with E-state index in [-0.39, 0.29) is 27.4 Å². The lowest BCUT2D eigenvalue weighted by molar-refractivity contribution is 0.318. The summed E-state index contributed by atoms with van der Waals surface area (Å²) in [6.45, 7) is 6.01. The summed E-state index contributed by atoms with van der Waals surface area (Å²) in [5.41, 5.74) is 0.265. The number of rotatable bonds is 4. The number of halogens is 1. The number of nitrogens with one attached hydrogen (secondary N) is 2. The normalized spacial score (nSPS) is 22.7. The van der Waals surface area contributed by atoms with Gasteiger partial charge in [0.2, 0.25) is 20.0 Å². The van der Waals surface area contributed by atoms with E-state index in [9.17, 15) is 16.8 Å². The van der Waals surface area contributed by atoms with Crippen LogP contribution in [0.2, 0.25) is 5.02 Å². The van der Waals surface area contributed by atoms with Crippen LogP contribution in [0.1, 0.15) is 27.2 Å². The van der Waals surface area contributed by atoms with Gasteiger partial charge >= 0.3 is 0 Å². The van der Waals surface area contributed by atoms with Crippen LogP contribution >= 0.6 is 11.6 Å². The smallest absolute Gasteiger partial charge is 0.244 e. The van der Waals surface area contributed by atoms with Crippen LogP contribution in [0.5, 0.6) is 0 Å². The fourth-order valence-corrected chi connectivity index (χ4v) is 5.04. The van der Waals surface area contributed by atoms with Gasteiger partial charge in [0.15, 0.2) is 0 Å². The van der Waals surface area contributed by atoms with Crippen molar-refractivity contribution in [2.24, 2.45) is 17.0 Å². The molecule has 0 radical (unpaired) electrons. The Balaban J connectivity index is 2.53. The number of primary sulfonamides is 1. The van der Waals surface area contributed by atoms with Gasteiger partial charge in [0.05, 0.1) is 16.9 Å². The largest absolute Gasteiger partial charge is 0.368 e. The van der Waals surface area contributed by atoms with E-state index in [2.05, 4.69) is 10.0 Å². The molecule has 10 heteroatoms. The van der Waals surface area contributed by atoms with Crippen LogP contribution in [-0.2, 0) is 20.0 Å². The predicted octanol–water partition coefficient (Wildman–Crippen LogP) is 1.70. The van der Waals surface area contributed by atoms with Gasteiger partial charge in [-0.2, -0.15) is 4.72 Å². The summed E-state index contributed by atoms with van der Waals surface area (Å²) in [6, 6.07) is 2.26. The van der Waals surface area contributed by atoms with E-state index in [1.165, 1.54) is 6.07 Å². The third-order valence-corrected chi connectivity index (χ3v) is 7.15. The van der Waals surface area contributed by atoms with Crippen molar-refractivity contribution in [3.63, 3.8) is 0 Å². The first kappa shape index (κ1) is 18.5. The van der Waals surface area contributed by atoms with Crippen LogP contribution in [0, 0.1) is 11.8 Å². The molecule has 1 aromatic rings. The van der Waals surface area contributed by atoms with E-state index in [0.717, 1.165) is 12.5 Å². The molecule has 130 valence electrons. The molecule has 1 aliphatic heterocycles. The Morgan fingerprint density at radius 1 is 1.35 bits per heavy atom. The number of hydrogen-bond donors (Lipinski definition) is 3. The molecule has 1 aromatic carbocycles. The lowest BCUT2D eigenvalue weighted by atomic mass is 9.91. The van der Waals surface area contributed by atoms with Gasteiger partial charge in [0.1, 0.15) is 9.79 Å². The highest BCUT2D eigenvalue weighted by Gasteiger charge is 2.35. The number of benzene rings is 1. The fourth-order valence-electron chi connectivity index (χ4n) is 2.45. The van der Waals surface area contributed by atoms with E-state index >= 15 is 0 Å².